The van der Waals surface area contributed by atoms with Crippen LogP contribution in [0.15, 0.2) is 42.5 Å². The fraction of sp³-hybridized carbons (Fsp3) is 0.308. The van der Waals surface area contributed by atoms with E-state index in [1.54, 1.807) is 54.3 Å². The van der Waals surface area contributed by atoms with Crippen molar-refractivity contribution in [1.29, 1.82) is 5.41 Å². The molecule has 0 radical (unpaired) electrons. The van der Waals surface area contributed by atoms with Gasteiger partial charge in [-0.1, -0.05) is 24.0 Å². The van der Waals surface area contributed by atoms with Gasteiger partial charge in [0, 0.05) is 29.3 Å². The van der Waals surface area contributed by atoms with E-state index in [1.165, 1.54) is 4.90 Å². The number of nitrogens with zero attached hydrogens (tertiary/aromatic N) is 2. The summed E-state index contributed by atoms with van der Waals surface area (Å²) in [5, 5.41) is 7.47. The summed E-state index contributed by atoms with van der Waals surface area (Å²) in [6.07, 6.45) is 0.0135. The Balaban J connectivity index is 1.94. The van der Waals surface area contributed by atoms with Crippen molar-refractivity contribution < 1.29 is 19.1 Å². The summed E-state index contributed by atoms with van der Waals surface area (Å²) in [4.78, 5) is 41.2. The van der Waals surface area contributed by atoms with Crippen LogP contribution in [-0.4, -0.2) is 54.3 Å². The van der Waals surface area contributed by atoms with Gasteiger partial charge in [-0.15, -0.1) is 0 Å². The van der Waals surface area contributed by atoms with Crippen LogP contribution in [0.4, 0.5) is 5.69 Å². The van der Waals surface area contributed by atoms with Gasteiger partial charge >= 0.3 is 5.97 Å². The number of esters is 1. The van der Waals surface area contributed by atoms with E-state index >= 15 is 0 Å². The molecule has 2 aromatic rings. The number of carbonyl (C=O) groups excluding carboxylic acids is 3. The molecular weight excluding hydrogens is 432 g/mol. The van der Waals surface area contributed by atoms with Gasteiger partial charge in [0.05, 0.1) is 24.3 Å². The standard InChI is InChI=1S/C26H28N4O4/c1-4-34-24(32)13-14-29-16-23(31)30(17(2)3)22-12-9-19(15-21(22)26(29)33)6-5-18-7-10-20(11-8-18)25(27)28/h7-12,15,17H,4,13-14,16H2,1-3H3,(H3,27,28). The third-order valence-corrected chi connectivity index (χ3v) is 5.32. The highest BCUT2D eigenvalue weighted by atomic mass is 16.5. The molecule has 0 bridgehead atoms. The molecule has 0 spiro atoms. The first-order chi connectivity index (χ1) is 16.2. The normalized spacial score (nSPS) is 13.2. The maximum absolute atomic E-state index is 13.4. The van der Waals surface area contributed by atoms with Crippen LogP contribution in [0.1, 0.15) is 54.2 Å². The van der Waals surface area contributed by atoms with Crippen LogP contribution in [0.25, 0.3) is 0 Å². The first-order valence-corrected chi connectivity index (χ1v) is 11.1. The predicted octanol–water partition coefficient (Wildman–Crippen LogP) is 2.52. The zero-order chi connectivity index (χ0) is 24.8. The zero-order valence-electron chi connectivity index (χ0n) is 19.6. The Hall–Kier alpha value is -4.12. The van der Waals surface area contributed by atoms with Gasteiger partial charge in [-0.2, -0.15) is 0 Å². The number of rotatable bonds is 6. The fourth-order valence-electron chi connectivity index (χ4n) is 3.69. The van der Waals surface area contributed by atoms with E-state index in [0.717, 1.165) is 5.56 Å². The molecule has 0 saturated carbocycles. The molecule has 0 unspecified atom stereocenters. The lowest BCUT2D eigenvalue weighted by Crippen LogP contribution is -2.43. The quantitative estimate of drug-likeness (QED) is 0.297. The maximum atomic E-state index is 13.4. The van der Waals surface area contributed by atoms with Gasteiger partial charge in [0.2, 0.25) is 5.91 Å². The molecule has 0 aliphatic carbocycles. The number of nitrogen functional groups attached to an aromatic ring is 1. The van der Waals surface area contributed by atoms with Crippen LogP contribution < -0.4 is 10.6 Å². The minimum Gasteiger partial charge on any atom is -0.466 e. The number of fused-ring (bicyclic) bond motifs is 1. The van der Waals surface area contributed by atoms with Crippen LogP contribution in [-0.2, 0) is 14.3 Å². The third-order valence-electron chi connectivity index (χ3n) is 5.32. The SMILES string of the molecule is CCOC(=O)CCN1CC(=O)N(C(C)C)c2ccc(C#Cc3ccc(C(=N)N)cc3)cc2C1=O. The van der Waals surface area contributed by atoms with Crippen molar-refractivity contribution in [2.45, 2.75) is 33.2 Å². The number of hydrogen-bond acceptors (Lipinski definition) is 5. The Bertz CT molecular complexity index is 1180. The highest BCUT2D eigenvalue weighted by Gasteiger charge is 2.33. The number of amides is 2. The molecule has 2 aromatic carbocycles. The molecule has 8 heteroatoms. The molecule has 2 amide bonds. The maximum Gasteiger partial charge on any atom is 0.307 e. The second-order valence-corrected chi connectivity index (χ2v) is 8.11. The number of anilines is 1. The lowest BCUT2D eigenvalue weighted by atomic mass is 10.1. The minimum atomic E-state index is -0.414. The second-order valence-electron chi connectivity index (χ2n) is 8.11. The summed E-state index contributed by atoms with van der Waals surface area (Å²) < 4.78 is 4.96. The van der Waals surface area contributed by atoms with Gasteiger partial charge < -0.3 is 20.3 Å². The predicted molar refractivity (Wildman–Crippen MR) is 130 cm³/mol. The lowest BCUT2D eigenvalue weighted by molar-refractivity contribution is -0.143. The van der Waals surface area contributed by atoms with Crippen LogP contribution in [0, 0.1) is 17.3 Å². The minimum absolute atomic E-state index is 0.0134. The Kier molecular flexibility index (Phi) is 7.69. The molecule has 0 fully saturated rings. The summed E-state index contributed by atoms with van der Waals surface area (Å²) in [5.41, 5.74) is 8.34. The van der Waals surface area contributed by atoms with E-state index in [2.05, 4.69) is 11.8 Å². The molecule has 34 heavy (non-hydrogen) atoms. The summed E-state index contributed by atoms with van der Waals surface area (Å²) in [6.45, 7) is 5.73. The average Bonchev–Trinajstić information content (AvgIpc) is 2.90. The Morgan fingerprint density at radius 1 is 1.12 bits per heavy atom. The van der Waals surface area contributed by atoms with Gasteiger partial charge in [-0.3, -0.25) is 19.8 Å². The van der Waals surface area contributed by atoms with Crippen molar-refractivity contribution in [3.05, 3.63) is 64.7 Å². The zero-order valence-corrected chi connectivity index (χ0v) is 19.6. The van der Waals surface area contributed by atoms with Gasteiger partial charge in [0.1, 0.15) is 12.4 Å². The second kappa shape index (κ2) is 10.7. The molecule has 0 atom stereocenters. The highest BCUT2D eigenvalue weighted by molar-refractivity contribution is 6.10. The van der Waals surface area contributed by atoms with Crippen LogP contribution in [0.2, 0.25) is 0 Å². The van der Waals surface area contributed by atoms with E-state index in [1.807, 2.05) is 13.8 Å². The van der Waals surface area contributed by atoms with Crippen molar-refractivity contribution in [2.24, 2.45) is 5.73 Å². The molecule has 0 saturated heterocycles. The largest absolute Gasteiger partial charge is 0.466 e. The number of benzene rings is 2. The molecule has 3 rings (SSSR count). The van der Waals surface area contributed by atoms with Gasteiger partial charge in [-0.05, 0) is 51.1 Å². The third kappa shape index (κ3) is 5.62. The van der Waals surface area contributed by atoms with E-state index < -0.39 is 5.97 Å². The Morgan fingerprint density at radius 2 is 1.76 bits per heavy atom. The number of nitrogens with one attached hydrogen (secondary N) is 1. The summed E-state index contributed by atoms with van der Waals surface area (Å²) in [5.74, 6) is 5.13. The average molecular weight is 461 g/mol. The fourth-order valence-corrected chi connectivity index (χ4v) is 3.69. The summed E-state index contributed by atoms with van der Waals surface area (Å²) >= 11 is 0. The Morgan fingerprint density at radius 3 is 2.38 bits per heavy atom. The van der Waals surface area contributed by atoms with E-state index in [9.17, 15) is 14.4 Å². The molecule has 3 N–H and O–H groups in total. The van der Waals surface area contributed by atoms with Crippen LogP contribution >= 0.6 is 0 Å². The number of carbonyl (C=O) groups is 3. The lowest BCUT2D eigenvalue weighted by Gasteiger charge is -2.26. The van der Waals surface area contributed by atoms with Crippen molar-refractivity contribution in [3.63, 3.8) is 0 Å². The summed E-state index contributed by atoms with van der Waals surface area (Å²) in [7, 11) is 0. The summed E-state index contributed by atoms with van der Waals surface area (Å²) in [6, 6.07) is 12.0. The molecule has 1 heterocycles. The van der Waals surface area contributed by atoms with Crippen LogP contribution in [0.3, 0.4) is 0 Å². The number of amidine groups is 1. The van der Waals surface area contributed by atoms with E-state index in [-0.39, 0.29) is 49.8 Å². The molecule has 8 nitrogen and oxygen atoms in total. The topological polar surface area (TPSA) is 117 Å². The molecule has 176 valence electrons. The Labute approximate surface area is 199 Å². The van der Waals surface area contributed by atoms with E-state index in [4.69, 9.17) is 15.9 Å². The van der Waals surface area contributed by atoms with Crippen molar-refractivity contribution >= 4 is 29.3 Å². The molecule has 0 aromatic heterocycles. The van der Waals surface area contributed by atoms with Crippen molar-refractivity contribution in [1.82, 2.24) is 4.90 Å². The molecule has 1 aliphatic rings. The van der Waals surface area contributed by atoms with Crippen LogP contribution in [0.5, 0.6) is 0 Å². The van der Waals surface area contributed by atoms with Gasteiger partial charge in [0.25, 0.3) is 5.91 Å². The first kappa shape index (κ1) is 24.5. The monoisotopic (exact) mass is 460 g/mol. The number of hydrogen-bond donors (Lipinski definition) is 2. The molecule has 1 aliphatic heterocycles. The van der Waals surface area contributed by atoms with Gasteiger partial charge in [-0.25, -0.2) is 0 Å². The van der Waals surface area contributed by atoms with E-state index in [0.29, 0.717) is 22.4 Å². The van der Waals surface area contributed by atoms with Crippen molar-refractivity contribution in [2.75, 3.05) is 24.6 Å². The van der Waals surface area contributed by atoms with Gasteiger partial charge in [0.15, 0.2) is 0 Å². The number of ether oxygens (including phenoxy) is 1. The molecular formula is C26H28N4O4. The van der Waals surface area contributed by atoms with Crippen molar-refractivity contribution in [3.8, 4) is 11.8 Å². The number of nitrogens with two attached hydrogens (primary N) is 1. The smallest absolute Gasteiger partial charge is 0.307 e. The highest BCUT2D eigenvalue weighted by Crippen LogP contribution is 2.28. The first-order valence-electron chi connectivity index (χ1n) is 11.1.